The standard InChI is InChI=1S/C8H7Br2NO2/c1-8(2)5(6(9)10)4(3-11)7(12)13-8/h6H,1-2H3. The molecule has 0 amide bonds. The van der Waals surface area contributed by atoms with E-state index in [0.29, 0.717) is 5.57 Å². The summed E-state index contributed by atoms with van der Waals surface area (Å²) in [5.74, 6) is -0.550. The molecule has 1 aliphatic rings. The Bertz CT molecular complexity index is 326. The lowest BCUT2D eigenvalue weighted by molar-refractivity contribution is -0.144. The van der Waals surface area contributed by atoms with Crippen LogP contribution in [0.15, 0.2) is 11.1 Å². The van der Waals surface area contributed by atoms with E-state index in [1.807, 2.05) is 6.07 Å². The zero-order valence-corrected chi connectivity index (χ0v) is 10.3. The summed E-state index contributed by atoms with van der Waals surface area (Å²) in [6, 6.07) is 1.85. The topological polar surface area (TPSA) is 50.1 Å². The van der Waals surface area contributed by atoms with Crippen LogP contribution in [0.2, 0.25) is 0 Å². The Morgan fingerprint density at radius 2 is 2.08 bits per heavy atom. The van der Waals surface area contributed by atoms with Gasteiger partial charge in [0, 0.05) is 5.57 Å². The quantitative estimate of drug-likeness (QED) is 0.551. The minimum absolute atomic E-state index is 0.0868. The van der Waals surface area contributed by atoms with E-state index in [1.165, 1.54) is 0 Å². The van der Waals surface area contributed by atoms with Crippen LogP contribution in [0.25, 0.3) is 0 Å². The summed E-state index contributed by atoms with van der Waals surface area (Å²) in [7, 11) is 0. The number of carbonyl (C=O) groups is 1. The first-order valence-corrected chi connectivity index (χ1v) is 5.39. The number of hydrogen-bond donors (Lipinski definition) is 0. The molecular weight excluding hydrogens is 302 g/mol. The molecule has 0 aromatic carbocycles. The molecule has 0 unspecified atom stereocenters. The fourth-order valence-corrected chi connectivity index (χ4v) is 2.79. The van der Waals surface area contributed by atoms with E-state index in [4.69, 9.17) is 10.00 Å². The molecule has 0 aliphatic carbocycles. The zero-order valence-electron chi connectivity index (χ0n) is 7.10. The third-order valence-corrected chi connectivity index (χ3v) is 2.72. The van der Waals surface area contributed by atoms with Gasteiger partial charge in [-0.05, 0) is 13.8 Å². The van der Waals surface area contributed by atoms with E-state index in [-0.39, 0.29) is 9.31 Å². The predicted molar refractivity (Wildman–Crippen MR) is 54.5 cm³/mol. The average Bonchev–Trinajstić information content (AvgIpc) is 2.19. The maximum atomic E-state index is 11.2. The maximum absolute atomic E-state index is 11.2. The van der Waals surface area contributed by atoms with Crippen molar-refractivity contribution >= 4 is 37.8 Å². The number of halogens is 2. The molecule has 5 heteroatoms. The van der Waals surface area contributed by atoms with Gasteiger partial charge in [0.15, 0.2) is 0 Å². The van der Waals surface area contributed by atoms with Gasteiger partial charge in [0.25, 0.3) is 0 Å². The van der Waals surface area contributed by atoms with Crippen LogP contribution >= 0.6 is 31.9 Å². The van der Waals surface area contributed by atoms with Gasteiger partial charge in [0.1, 0.15) is 17.2 Å². The van der Waals surface area contributed by atoms with E-state index in [2.05, 4.69) is 31.9 Å². The number of esters is 1. The third-order valence-electron chi connectivity index (χ3n) is 1.80. The Balaban J connectivity index is 3.27. The summed E-state index contributed by atoms with van der Waals surface area (Å²) in [5, 5.41) is 8.74. The first-order chi connectivity index (χ1) is 5.90. The molecule has 0 saturated carbocycles. The lowest BCUT2D eigenvalue weighted by Crippen LogP contribution is -2.25. The van der Waals surface area contributed by atoms with Crippen LogP contribution in [-0.2, 0) is 9.53 Å². The fourth-order valence-electron chi connectivity index (χ4n) is 1.23. The van der Waals surface area contributed by atoms with E-state index in [1.54, 1.807) is 13.8 Å². The number of nitrogens with zero attached hydrogens (tertiary/aromatic N) is 1. The van der Waals surface area contributed by atoms with Gasteiger partial charge in [-0.15, -0.1) is 0 Å². The Hall–Kier alpha value is -0.340. The van der Waals surface area contributed by atoms with Gasteiger partial charge >= 0.3 is 5.97 Å². The van der Waals surface area contributed by atoms with Crippen LogP contribution < -0.4 is 0 Å². The van der Waals surface area contributed by atoms with E-state index < -0.39 is 11.6 Å². The predicted octanol–water partition coefficient (Wildman–Crippen LogP) is 2.26. The van der Waals surface area contributed by atoms with Crippen molar-refractivity contribution in [3.63, 3.8) is 0 Å². The molecule has 1 aliphatic heterocycles. The smallest absolute Gasteiger partial charge is 0.349 e. The minimum Gasteiger partial charge on any atom is -0.451 e. The van der Waals surface area contributed by atoms with Gasteiger partial charge in [-0.3, -0.25) is 0 Å². The largest absolute Gasteiger partial charge is 0.451 e. The second kappa shape index (κ2) is 3.43. The van der Waals surface area contributed by atoms with Gasteiger partial charge in [-0.2, -0.15) is 5.26 Å². The second-order valence-corrected chi connectivity index (χ2v) is 6.16. The van der Waals surface area contributed by atoms with E-state index in [0.717, 1.165) is 0 Å². The van der Waals surface area contributed by atoms with Gasteiger partial charge in [0.05, 0.1) is 3.74 Å². The summed E-state index contributed by atoms with van der Waals surface area (Å²) in [6.07, 6.45) is 0. The molecule has 3 nitrogen and oxygen atoms in total. The summed E-state index contributed by atoms with van der Waals surface area (Å²) in [5.41, 5.74) is 0.0172. The number of hydrogen-bond acceptors (Lipinski definition) is 3. The van der Waals surface area contributed by atoms with Crippen molar-refractivity contribution in [3.8, 4) is 6.07 Å². The van der Waals surface area contributed by atoms with Crippen LogP contribution in [0.5, 0.6) is 0 Å². The molecule has 70 valence electrons. The Morgan fingerprint density at radius 3 is 2.38 bits per heavy atom. The van der Waals surface area contributed by atoms with E-state index in [9.17, 15) is 4.79 Å². The lowest BCUT2D eigenvalue weighted by atomic mass is 9.98. The molecule has 1 rings (SSSR count). The Morgan fingerprint density at radius 1 is 1.54 bits per heavy atom. The number of cyclic esters (lactones) is 1. The number of carbonyl (C=O) groups excluding carboxylic acids is 1. The van der Waals surface area contributed by atoms with Crippen molar-refractivity contribution < 1.29 is 9.53 Å². The molecular formula is C8H7Br2NO2. The fraction of sp³-hybridized carbons (Fsp3) is 0.500. The Kier molecular flexibility index (Phi) is 2.83. The second-order valence-electron chi connectivity index (χ2n) is 3.10. The van der Waals surface area contributed by atoms with Gasteiger partial charge < -0.3 is 4.74 Å². The summed E-state index contributed by atoms with van der Waals surface area (Å²) in [6.45, 7) is 3.50. The molecule has 13 heavy (non-hydrogen) atoms. The van der Waals surface area contributed by atoms with Gasteiger partial charge in [-0.25, -0.2) is 4.79 Å². The van der Waals surface area contributed by atoms with Crippen LogP contribution in [0.4, 0.5) is 0 Å². The van der Waals surface area contributed by atoms with Crippen molar-refractivity contribution in [3.05, 3.63) is 11.1 Å². The number of alkyl halides is 2. The summed E-state index contributed by atoms with van der Waals surface area (Å²) < 4.78 is 4.82. The molecule has 0 saturated heterocycles. The third kappa shape index (κ3) is 1.79. The molecule has 0 aromatic heterocycles. The first kappa shape index (κ1) is 10.7. The van der Waals surface area contributed by atoms with Crippen molar-refractivity contribution in [2.24, 2.45) is 0 Å². The first-order valence-electron chi connectivity index (χ1n) is 3.56. The van der Waals surface area contributed by atoms with Crippen LogP contribution in [0.3, 0.4) is 0 Å². The lowest BCUT2D eigenvalue weighted by Gasteiger charge is -2.21. The molecule has 0 radical (unpaired) electrons. The maximum Gasteiger partial charge on any atom is 0.349 e. The van der Waals surface area contributed by atoms with Crippen molar-refractivity contribution in [2.45, 2.75) is 23.2 Å². The van der Waals surface area contributed by atoms with Gasteiger partial charge in [-0.1, -0.05) is 31.9 Å². The highest BCUT2D eigenvalue weighted by Crippen LogP contribution is 2.39. The average molecular weight is 309 g/mol. The number of rotatable bonds is 1. The van der Waals surface area contributed by atoms with Crippen LogP contribution in [0, 0.1) is 11.3 Å². The molecule has 0 bridgehead atoms. The molecule has 0 atom stereocenters. The van der Waals surface area contributed by atoms with Crippen molar-refractivity contribution in [2.75, 3.05) is 0 Å². The van der Waals surface area contributed by atoms with Crippen molar-refractivity contribution in [1.82, 2.24) is 0 Å². The van der Waals surface area contributed by atoms with Crippen molar-refractivity contribution in [1.29, 1.82) is 5.26 Å². The highest BCUT2D eigenvalue weighted by atomic mass is 79.9. The molecule has 0 fully saturated rings. The molecule has 0 N–H and O–H groups in total. The SMILES string of the molecule is CC1(C)OC(=O)C(C#N)=C1C(Br)Br. The molecule has 0 aromatic rings. The van der Waals surface area contributed by atoms with Crippen LogP contribution in [-0.4, -0.2) is 15.3 Å². The zero-order chi connectivity index (χ0) is 10.2. The van der Waals surface area contributed by atoms with Crippen LogP contribution in [0.1, 0.15) is 13.8 Å². The molecule has 0 spiro atoms. The molecule has 1 heterocycles. The normalized spacial score (nSPS) is 20.5. The Labute approximate surface area is 93.0 Å². The highest BCUT2D eigenvalue weighted by Gasteiger charge is 2.42. The van der Waals surface area contributed by atoms with Gasteiger partial charge in [0.2, 0.25) is 0 Å². The van der Waals surface area contributed by atoms with E-state index >= 15 is 0 Å². The summed E-state index contributed by atoms with van der Waals surface area (Å²) in [4.78, 5) is 11.2. The minimum atomic E-state index is -0.709. The highest BCUT2D eigenvalue weighted by molar-refractivity contribution is 9.24. The number of nitriles is 1. The number of ether oxygens (including phenoxy) is 1. The monoisotopic (exact) mass is 307 g/mol. The summed E-state index contributed by atoms with van der Waals surface area (Å²) >= 11 is 6.52.